The van der Waals surface area contributed by atoms with Gasteiger partial charge < -0.3 is 16.2 Å². The van der Waals surface area contributed by atoms with Gasteiger partial charge in [-0.15, -0.1) is 0 Å². The number of nitrogens with one attached hydrogen (secondary N) is 1. The first-order chi connectivity index (χ1) is 8.49. The average Bonchev–Trinajstić information content (AvgIpc) is 2.33. The molecular weight excluding hydrogens is 256 g/mol. The van der Waals surface area contributed by atoms with Gasteiger partial charge in [-0.2, -0.15) is 0 Å². The summed E-state index contributed by atoms with van der Waals surface area (Å²) in [6.07, 6.45) is 0.00244. The summed E-state index contributed by atoms with van der Waals surface area (Å²) in [5.74, 6) is -1.33. The normalized spacial score (nSPS) is 11.9. The highest BCUT2D eigenvalue weighted by atomic mass is 35.5. The van der Waals surface area contributed by atoms with Gasteiger partial charge in [-0.25, -0.2) is 0 Å². The van der Waals surface area contributed by atoms with Crippen molar-refractivity contribution in [3.05, 3.63) is 34.9 Å². The number of halogens is 1. The molecule has 1 aromatic rings. The molecule has 0 heterocycles. The number of hydrogen-bond acceptors (Lipinski definition) is 3. The third-order valence-electron chi connectivity index (χ3n) is 2.36. The summed E-state index contributed by atoms with van der Waals surface area (Å²) in [4.78, 5) is 21.9. The van der Waals surface area contributed by atoms with E-state index in [1.807, 2.05) is 6.07 Å². The van der Waals surface area contributed by atoms with Crippen LogP contribution in [-0.4, -0.2) is 23.0 Å². The molecule has 0 radical (unpaired) electrons. The number of carboxylic acid groups (broad SMARTS) is 1. The van der Waals surface area contributed by atoms with Crippen LogP contribution in [0.4, 0.5) is 0 Å². The number of carboxylic acids is 1. The summed E-state index contributed by atoms with van der Waals surface area (Å²) < 4.78 is 0. The number of amides is 1. The van der Waals surface area contributed by atoms with Crippen molar-refractivity contribution < 1.29 is 14.7 Å². The second-order valence-electron chi connectivity index (χ2n) is 3.89. The molecule has 0 aliphatic carbocycles. The quantitative estimate of drug-likeness (QED) is 0.723. The number of nitrogens with two attached hydrogens (primary N) is 1. The van der Waals surface area contributed by atoms with Crippen LogP contribution in [0.25, 0.3) is 0 Å². The molecule has 0 aliphatic rings. The van der Waals surface area contributed by atoms with E-state index < -0.39 is 12.0 Å². The smallest absolute Gasteiger partial charge is 0.303 e. The standard InChI is InChI=1S/C12H15ClN2O3/c13-9-3-1-2-8(6-9)7-15-12(18)10(14)4-5-11(16)17/h1-3,6,10H,4-5,7,14H2,(H,15,18)(H,16,17). The zero-order valence-electron chi connectivity index (χ0n) is 9.73. The molecule has 1 aromatic carbocycles. The lowest BCUT2D eigenvalue weighted by atomic mass is 10.1. The first kappa shape index (κ1) is 14.5. The molecule has 0 aromatic heterocycles. The van der Waals surface area contributed by atoms with Crippen molar-refractivity contribution in [2.45, 2.75) is 25.4 Å². The first-order valence-electron chi connectivity index (χ1n) is 5.48. The van der Waals surface area contributed by atoms with Crippen molar-refractivity contribution in [3.63, 3.8) is 0 Å². The Morgan fingerprint density at radius 1 is 1.44 bits per heavy atom. The molecule has 1 unspecified atom stereocenters. The summed E-state index contributed by atoms with van der Waals surface area (Å²) in [5.41, 5.74) is 6.42. The fourth-order valence-electron chi connectivity index (χ4n) is 1.38. The highest BCUT2D eigenvalue weighted by Gasteiger charge is 2.14. The summed E-state index contributed by atoms with van der Waals surface area (Å²) in [6, 6.07) is 6.29. The van der Waals surface area contributed by atoms with Gasteiger partial charge in [-0.05, 0) is 24.1 Å². The molecule has 0 fully saturated rings. The van der Waals surface area contributed by atoms with E-state index in [4.69, 9.17) is 22.4 Å². The summed E-state index contributed by atoms with van der Waals surface area (Å²) >= 11 is 5.80. The number of hydrogen-bond donors (Lipinski definition) is 3. The maximum Gasteiger partial charge on any atom is 0.303 e. The van der Waals surface area contributed by atoms with Crippen LogP contribution in [0.3, 0.4) is 0 Å². The summed E-state index contributed by atoms with van der Waals surface area (Å²) in [7, 11) is 0. The lowest BCUT2D eigenvalue weighted by Crippen LogP contribution is -2.40. The largest absolute Gasteiger partial charge is 0.481 e. The Labute approximate surface area is 110 Å². The van der Waals surface area contributed by atoms with Crippen molar-refractivity contribution >= 4 is 23.5 Å². The van der Waals surface area contributed by atoms with E-state index >= 15 is 0 Å². The zero-order chi connectivity index (χ0) is 13.5. The minimum Gasteiger partial charge on any atom is -0.481 e. The second kappa shape index (κ2) is 6.98. The molecule has 0 spiro atoms. The van der Waals surface area contributed by atoms with Gasteiger partial charge in [0.15, 0.2) is 0 Å². The van der Waals surface area contributed by atoms with E-state index in [0.717, 1.165) is 5.56 Å². The van der Waals surface area contributed by atoms with Crippen LogP contribution >= 0.6 is 11.6 Å². The van der Waals surface area contributed by atoms with Crippen LogP contribution in [0.5, 0.6) is 0 Å². The minimum absolute atomic E-state index is 0.119. The molecule has 0 saturated carbocycles. The number of carbonyl (C=O) groups excluding carboxylic acids is 1. The van der Waals surface area contributed by atoms with Crippen LogP contribution in [0.2, 0.25) is 5.02 Å². The monoisotopic (exact) mass is 270 g/mol. The van der Waals surface area contributed by atoms with Crippen LogP contribution < -0.4 is 11.1 Å². The molecule has 0 aliphatic heterocycles. The zero-order valence-corrected chi connectivity index (χ0v) is 10.5. The Bertz CT molecular complexity index is 437. The van der Waals surface area contributed by atoms with Gasteiger partial charge in [-0.1, -0.05) is 23.7 Å². The van der Waals surface area contributed by atoms with Gasteiger partial charge >= 0.3 is 5.97 Å². The SMILES string of the molecule is NC(CCC(=O)O)C(=O)NCc1cccc(Cl)c1. The van der Waals surface area contributed by atoms with Crippen molar-refractivity contribution in [2.24, 2.45) is 5.73 Å². The van der Waals surface area contributed by atoms with Crippen LogP contribution in [0.15, 0.2) is 24.3 Å². The van der Waals surface area contributed by atoms with Crippen molar-refractivity contribution in [3.8, 4) is 0 Å². The fourth-order valence-corrected chi connectivity index (χ4v) is 1.59. The van der Waals surface area contributed by atoms with Crippen molar-refractivity contribution in [1.29, 1.82) is 0 Å². The van der Waals surface area contributed by atoms with Crippen LogP contribution in [0.1, 0.15) is 18.4 Å². The van der Waals surface area contributed by atoms with Gasteiger partial charge in [-0.3, -0.25) is 9.59 Å². The lowest BCUT2D eigenvalue weighted by molar-refractivity contribution is -0.137. The fraction of sp³-hybridized carbons (Fsp3) is 0.333. The third-order valence-corrected chi connectivity index (χ3v) is 2.60. The number of aliphatic carboxylic acids is 1. The predicted octanol–water partition coefficient (Wildman–Crippen LogP) is 1.15. The minimum atomic E-state index is -0.965. The molecule has 4 N–H and O–H groups in total. The summed E-state index contributed by atoms with van der Waals surface area (Å²) in [5, 5.41) is 11.7. The summed E-state index contributed by atoms with van der Waals surface area (Å²) in [6.45, 7) is 0.320. The number of carbonyl (C=O) groups is 2. The number of benzene rings is 1. The molecule has 5 nitrogen and oxygen atoms in total. The molecular formula is C12H15ClN2O3. The Hall–Kier alpha value is -1.59. The van der Waals surface area contributed by atoms with Gasteiger partial charge in [0.25, 0.3) is 0 Å². The van der Waals surface area contributed by atoms with Crippen molar-refractivity contribution in [1.82, 2.24) is 5.32 Å². The maximum absolute atomic E-state index is 11.6. The van der Waals surface area contributed by atoms with Crippen LogP contribution in [0, 0.1) is 0 Å². The predicted molar refractivity (Wildman–Crippen MR) is 68.1 cm³/mol. The Morgan fingerprint density at radius 3 is 2.78 bits per heavy atom. The maximum atomic E-state index is 11.6. The van der Waals surface area contributed by atoms with E-state index in [0.29, 0.717) is 11.6 Å². The Morgan fingerprint density at radius 2 is 2.17 bits per heavy atom. The molecule has 1 rings (SSSR count). The van der Waals surface area contributed by atoms with Gasteiger partial charge in [0.05, 0.1) is 6.04 Å². The first-order valence-corrected chi connectivity index (χ1v) is 5.86. The van der Waals surface area contributed by atoms with E-state index in [-0.39, 0.29) is 18.7 Å². The Kier molecular flexibility index (Phi) is 5.61. The third kappa shape index (κ3) is 5.16. The second-order valence-corrected chi connectivity index (χ2v) is 4.32. The highest BCUT2D eigenvalue weighted by Crippen LogP contribution is 2.10. The van der Waals surface area contributed by atoms with E-state index in [9.17, 15) is 9.59 Å². The molecule has 1 atom stereocenters. The van der Waals surface area contributed by atoms with Gasteiger partial charge in [0.1, 0.15) is 0 Å². The number of rotatable bonds is 6. The molecule has 18 heavy (non-hydrogen) atoms. The van der Waals surface area contributed by atoms with Gasteiger partial charge in [0, 0.05) is 18.0 Å². The molecule has 1 amide bonds. The average molecular weight is 271 g/mol. The Balaban J connectivity index is 2.38. The van der Waals surface area contributed by atoms with Gasteiger partial charge in [0.2, 0.25) is 5.91 Å². The topological polar surface area (TPSA) is 92.4 Å². The van der Waals surface area contributed by atoms with E-state index in [2.05, 4.69) is 5.32 Å². The van der Waals surface area contributed by atoms with E-state index in [1.54, 1.807) is 18.2 Å². The van der Waals surface area contributed by atoms with E-state index in [1.165, 1.54) is 0 Å². The molecule has 0 saturated heterocycles. The lowest BCUT2D eigenvalue weighted by Gasteiger charge is -2.11. The van der Waals surface area contributed by atoms with Crippen LogP contribution in [-0.2, 0) is 16.1 Å². The molecule has 6 heteroatoms. The highest BCUT2D eigenvalue weighted by molar-refractivity contribution is 6.30. The van der Waals surface area contributed by atoms with Crippen molar-refractivity contribution in [2.75, 3.05) is 0 Å². The molecule has 98 valence electrons. The molecule has 0 bridgehead atoms.